The number of hydrogen-bond donors (Lipinski definition) is 1. The maximum atomic E-state index is 13.2. The van der Waals surface area contributed by atoms with Crippen molar-refractivity contribution >= 4 is 28.8 Å². The van der Waals surface area contributed by atoms with Gasteiger partial charge in [0.15, 0.2) is 12.0 Å². The number of oxazole rings is 1. The number of rotatable bonds is 4. The van der Waals surface area contributed by atoms with Gasteiger partial charge >= 0.3 is 0 Å². The lowest BCUT2D eigenvalue weighted by Crippen LogP contribution is -2.23. The largest absolute Gasteiger partial charge is 0.443 e. The van der Waals surface area contributed by atoms with Gasteiger partial charge in [-0.1, -0.05) is 32.6 Å². The fourth-order valence-electron chi connectivity index (χ4n) is 2.88. The summed E-state index contributed by atoms with van der Waals surface area (Å²) >= 11 is 0. The summed E-state index contributed by atoms with van der Waals surface area (Å²) in [4.78, 5) is 15.6. The van der Waals surface area contributed by atoms with Crippen LogP contribution in [0.2, 0.25) is 0 Å². The van der Waals surface area contributed by atoms with E-state index in [9.17, 15) is 13.6 Å². The highest BCUT2D eigenvalue weighted by atomic mass is 19.3. The van der Waals surface area contributed by atoms with Crippen molar-refractivity contribution in [2.45, 2.75) is 45.5 Å². The van der Waals surface area contributed by atoms with Crippen LogP contribution in [0.4, 0.5) is 14.5 Å². The van der Waals surface area contributed by atoms with Crippen molar-refractivity contribution in [1.29, 1.82) is 0 Å². The first-order chi connectivity index (χ1) is 12.5. The Bertz CT molecular complexity index is 786. The van der Waals surface area contributed by atoms with Gasteiger partial charge in [0.25, 0.3) is 0 Å². The van der Waals surface area contributed by atoms with Gasteiger partial charge in [0, 0.05) is 24.1 Å². The molecule has 1 aromatic heterocycles. The summed E-state index contributed by atoms with van der Waals surface area (Å²) in [7, 11) is 0. The molecule has 1 N–H and O–H groups in total. The second kappa shape index (κ2) is 8.74. The van der Waals surface area contributed by atoms with Gasteiger partial charge in [-0.25, -0.2) is 13.8 Å². The Labute approximate surface area is 152 Å². The van der Waals surface area contributed by atoms with Gasteiger partial charge in [-0.05, 0) is 37.0 Å². The van der Waals surface area contributed by atoms with Crippen LogP contribution >= 0.6 is 0 Å². The van der Waals surface area contributed by atoms with Gasteiger partial charge in [0.2, 0.25) is 11.8 Å². The van der Waals surface area contributed by atoms with E-state index < -0.39 is 5.92 Å². The van der Waals surface area contributed by atoms with Crippen LogP contribution in [0.3, 0.4) is 0 Å². The normalized spacial score (nSPS) is 16.9. The fraction of sp³-hybridized carbons (Fsp3) is 0.400. The summed E-state index contributed by atoms with van der Waals surface area (Å²) < 4.78 is 31.8. The monoisotopic (exact) mass is 362 g/mol. The molecule has 1 aliphatic carbocycles. The minimum Gasteiger partial charge on any atom is -0.443 e. The molecular formula is C20H24F2N2O2. The lowest BCUT2D eigenvalue weighted by atomic mass is 9.86. The van der Waals surface area contributed by atoms with E-state index in [1.54, 1.807) is 12.1 Å². The molecule has 1 aliphatic rings. The number of alkyl halides is 2. The van der Waals surface area contributed by atoms with E-state index in [0.29, 0.717) is 29.6 Å². The van der Waals surface area contributed by atoms with Crippen molar-refractivity contribution in [3.05, 3.63) is 42.8 Å². The van der Waals surface area contributed by atoms with E-state index >= 15 is 0 Å². The van der Waals surface area contributed by atoms with E-state index in [1.165, 1.54) is 12.5 Å². The number of anilines is 1. The second-order valence-electron chi connectivity index (χ2n) is 6.01. The lowest BCUT2D eigenvalue weighted by molar-refractivity contribution is -0.111. The lowest BCUT2D eigenvalue weighted by Gasteiger charge is -2.26. The Hall–Kier alpha value is -2.50. The van der Waals surface area contributed by atoms with Gasteiger partial charge in [0.05, 0.1) is 0 Å². The molecule has 0 unspecified atom stereocenters. The van der Waals surface area contributed by atoms with Gasteiger partial charge in [-0.3, -0.25) is 4.79 Å². The predicted molar refractivity (Wildman–Crippen MR) is 100 cm³/mol. The number of aromatic nitrogens is 1. The first-order valence-corrected chi connectivity index (χ1v) is 8.83. The smallest absolute Gasteiger partial charge is 0.248 e. The Morgan fingerprint density at radius 2 is 2.04 bits per heavy atom. The van der Waals surface area contributed by atoms with Crippen LogP contribution in [0, 0.1) is 5.92 Å². The number of allylic oxidation sites excluding steroid dienone is 1. The number of nitrogens with zero attached hydrogens (tertiary/aromatic N) is 1. The molecule has 1 saturated carbocycles. The maximum absolute atomic E-state index is 13.2. The van der Waals surface area contributed by atoms with Crippen molar-refractivity contribution in [1.82, 2.24) is 4.98 Å². The fourth-order valence-corrected chi connectivity index (χ4v) is 2.88. The summed E-state index contributed by atoms with van der Waals surface area (Å²) in [6, 6.07) is 3.47. The van der Waals surface area contributed by atoms with Crippen molar-refractivity contribution in [2.75, 3.05) is 5.32 Å². The van der Waals surface area contributed by atoms with Crippen LogP contribution in [0.25, 0.3) is 17.2 Å². The molecule has 0 saturated heterocycles. The molecule has 6 heteroatoms. The van der Waals surface area contributed by atoms with Crippen LogP contribution in [0.1, 0.15) is 45.1 Å². The number of halogens is 2. The standard InChI is InChI=1S/C18H18F2N2O2.C2H6/c1-2-16(23)22-14-9-13(17-15(10-14)21-11-24-17)4-3-12-5-7-18(19,20)8-6-12;1-2/h2-4,9-12H,1,5-8H2,(H,22,23);1-2H3/b4-3+;. The average molecular weight is 362 g/mol. The van der Waals surface area contributed by atoms with Gasteiger partial charge in [-0.15, -0.1) is 0 Å². The molecule has 1 aromatic carbocycles. The first kappa shape index (κ1) is 19.8. The highest BCUT2D eigenvalue weighted by molar-refractivity contribution is 6.00. The summed E-state index contributed by atoms with van der Waals surface area (Å²) in [5.41, 5.74) is 2.55. The summed E-state index contributed by atoms with van der Waals surface area (Å²) in [6.45, 7) is 7.42. The molecular weight excluding hydrogens is 338 g/mol. The van der Waals surface area contributed by atoms with Crippen molar-refractivity contribution in [3.8, 4) is 0 Å². The molecule has 2 aromatic rings. The van der Waals surface area contributed by atoms with Crippen molar-refractivity contribution in [3.63, 3.8) is 0 Å². The number of carbonyl (C=O) groups is 1. The third-order valence-electron chi connectivity index (χ3n) is 4.22. The minimum absolute atomic E-state index is 0.0742. The van der Waals surface area contributed by atoms with E-state index in [4.69, 9.17) is 4.42 Å². The minimum atomic E-state index is -2.53. The Morgan fingerprint density at radius 1 is 1.35 bits per heavy atom. The van der Waals surface area contributed by atoms with E-state index in [2.05, 4.69) is 16.9 Å². The SMILES string of the molecule is C=CC(=O)Nc1cc(/C=C/C2CCC(F)(F)CC2)c2ocnc2c1.CC. The molecule has 3 rings (SSSR count). The Kier molecular flexibility index (Phi) is 6.66. The molecule has 0 spiro atoms. The predicted octanol–water partition coefficient (Wildman–Crippen LogP) is 5.82. The average Bonchev–Trinajstić information content (AvgIpc) is 3.11. The number of fused-ring (bicyclic) bond motifs is 1. The molecule has 1 heterocycles. The maximum Gasteiger partial charge on any atom is 0.248 e. The van der Waals surface area contributed by atoms with Crippen LogP contribution in [0.15, 0.2) is 41.7 Å². The van der Waals surface area contributed by atoms with Crippen molar-refractivity contribution < 1.29 is 18.0 Å². The number of amides is 1. The highest BCUT2D eigenvalue weighted by Crippen LogP contribution is 2.37. The summed E-state index contributed by atoms with van der Waals surface area (Å²) in [5, 5.41) is 2.69. The molecule has 0 atom stereocenters. The van der Waals surface area contributed by atoms with Gasteiger partial charge in [0.1, 0.15) is 5.52 Å². The van der Waals surface area contributed by atoms with Crippen LogP contribution in [-0.4, -0.2) is 16.8 Å². The molecule has 0 bridgehead atoms. The molecule has 4 nitrogen and oxygen atoms in total. The molecule has 26 heavy (non-hydrogen) atoms. The van der Waals surface area contributed by atoms with E-state index in [1.807, 2.05) is 26.0 Å². The number of benzene rings is 1. The van der Waals surface area contributed by atoms with E-state index in [0.717, 1.165) is 5.56 Å². The zero-order chi connectivity index (χ0) is 19.2. The Morgan fingerprint density at radius 3 is 2.69 bits per heavy atom. The summed E-state index contributed by atoms with van der Waals surface area (Å²) in [5.74, 6) is -2.73. The van der Waals surface area contributed by atoms with E-state index in [-0.39, 0.29) is 24.7 Å². The molecule has 0 radical (unpaired) electrons. The Balaban J connectivity index is 0.00000117. The first-order valence-electron chi connectivity index (χ1n) is 8.83. The summed E-state index contributed by atoms with van der Waals surface area (Å²) in [6.07, 6.45) is 7.10. The third-order valence-corrected chi connectivity index (χ3v) is 4.22. The zero-order valence-corrected chi connectivity index (χ0v) is 15.1. The quantitative estimate of drug-likeness (QED) is 0.698. The van der Waals surface area contributed by atoms with Gasteiger partial charge in [-0.2, -0.15) is 0 Å². The zero-order valence-electron chi connectivity index (χ0n) is 15.1. The third kappa shape index (κ3) is 5.00. The molecule has 1 amide bonds. The molecule has 140 valence electrons. The van der Waals surface area contributed by atoms with Crippen molar-refractivity contribution in [2.24, 2.45) is 5.92 Å². The van der Waals surface area contributed by atoms with Crippen LogP contribution < -0.4 is 5.32 Å². The molecule has 0 aliphatic heterocycles. The number of nitrogens with one attached hydrogen (secondary N) is 1. The number of carbonyl (C=O) groups excluding carboxylic acids is 1. The topological polar surface area (TPSA) is 55.1 Å². The van der Waals surface area contributed by atoms with Gasteiger partial charge < -0.3 is 9.73 Å². The highest BCUT2D eigenvalue weighted by Gasteiger charge is 2.33. The molecule has 1 fully saturated rings. The second-order valence-corrected chi connectivity index (χ2v) is 6.01. The number of hydrogen-bond acceptors (Lipinski definition) is 3. The van der Waals surface area contributed by atoms with Crippen LogP contribution in [0.5, 0.6) is 0 Å². The van der Waals surface area contributed by atoms with Crippen LogP contribution in [-0.2, 0) is 4.79 Å².